The van der Waals surface area contributed by atoms with Crippen LogP contribution in [0, 0.1) is 5.82 Å². The van der Waals surface area contributed by atoms with Crippen molar-refractivity contribution < 1.29 is 22.4 Å². The Labute approximate surface area is 243 Å². The molecule has 0 saturated heterocycles. The zero-order chi connectivity index (χ0) is 30.4. The van der Waals surface area contributed by atoms with Gasteiger partial charge in [0.15, 0.2) is 0 Å². The molecular weight excluding hydrogens is 541 g/mol. The summed E-state index contributed by atoms with van der Waals surface area (Å²) in [6, 6.07) is 21.0. The fourth-order valence-corrected chi connectivity index (χ4v) is 5.34. The molecule has 41 heavy (non-hydrogen) atoms. The highest BCUT2D eigenvalue weighted by molar-refractivity contribution is 7.92. The Morgan fingerprint density at radius 3 is 2.02 bits per heavy atom. The number of rotatable bonds is 11. The lowest BCUT2D eigenvalue weighted by molar-refractivity contribution is -0.140. The third-order valence-electron chi connectivity index (χ3n) is 6.70. The summed E-state index contributed by atoms with van der Waals surface area (Å²) in [5.41, 5.74) is 2.22. The van der Waals surface area contributed by atoms with Gasteiger partial charge in [-0.3, -0.25) is 13.9 Å². The number of benzene rings is 3. The maximum absolute atomic E-state index is 14.8. The second-order valence-corrected chi connectivity index (χ2v) is 13.5. The van der Waals surface area contributed by atoms with Gasteiger partial charge in [-0.05, 0) is 48.6 Å². The Balaban J connectivity index is 2.06. The van der Waals surface area contributed by atoms with Crippen LogP contribution in [0.3, 0.4) is 0 Å². The van der Waals surface area contributed by atoms with Crippen LogP contribution in [0.2, 0.25) is 0 Å². The van der Waals surface area contributed by atoms with Crippen molar-refractivity contribution in [3.8, 4) is 0 Å². The van der Waals surface area contributed by atoms with Crippen LogP contribution >= 0.6 is 0 Å². The van der Waals surface area contributed by atoms with Crippen LogP contribution in [0.15, 0.2) is 78.9 Å². The van der Waals surface area contributed by atoms with Gasteiger partial charge in [-0.1, -0.05) is 81.4 Å². The molecule has 3 aromatic carbocycles. The van der Waals surface area contributed by atoms with Gasteiger partial charge >= 0.3 is 0 Å². The summed E-state index contributed by atoms with van der Waals surface area (Å²) in [5.74, 6) is -1.56. The normalized spacial score (nSPS) is 12.6. The number of sulfonamides is 1. The highest BCUT2D eigenvalue weighted by atomic mass is 32.2. The van der Waals surface area contributed by atoms with Crippen molar-refractivity contribution >= 4 is 27.5 Å². The van der Waals surface area contributed by atoms with Crippen molar-refractivity contribution in [2.45, 2.75) is 65.1 Å². The van der Waals surface area contributed by atoms with E-state index in [0.29, 0.717) is 5.69 Å². The largest absolute Gasteiger partial charge is 0.352 e. The highest BCUT2D eigenvalue weighted by Crippen LogP contribution is 2.26. The molecule has 0 unspecified atom stereocenters. The molecular formula is C32H40FN3O4S. The summed E-state index contributed by atoms with van der Waals surface area (Å²) >= 11 is 0. The van der Waals surface area contributed by atoms with Gasteiger partial charge in [-0.2, -0.15) is 0 Å². The number of nitrogens with one attached hydrogen (secondary N) is 1. The van der Waals surface area contributed by atoms with Gasteiger partial charge in [0.1, 0.15) is 18.4 Å². The quantitative estimate of drug-likeness (QED) is 0.343. The van der Waals surface area contributed by atoms with Crippen molar-refractivity contribution in [3.05, 3.63) is 101 Å². The molecule has 0 aliphatic heterocycles. The highest BCUT2D eigenvalue weighted by Gasteiger charge is 2.33. The predicted octanol–water partition coefficient (Wildman–Crippen LogP) is 5.05. The molecule has 0 radical (unpaired) electrons. The van der Waals surface area contributed by atoms with E-state index in [2.05, 4.69) is 26.1 Å². The number of amides is 2. The van der Waals surface area contributed by atoms with Crippen LogP contribution in [0.1, 0.15) is 51.3 Å². The third kappa shape index (κ3) is 8.88. The number of halogens is 1. The molecule has 0 heterocycles. The smallest absolute Gasteiger partial charge is 0.244 e. The summed E-state index contributed by atoms with van der Waals surface area (Å²) < 4.78 is 41.7. The molecule has 0 saturated carbocycles. The molecule has 0 bridgehead atoms. The van der Waals surface area contributed by atoms with E-state index in [9.17, 15) is 22.4 Å². The van der Waals surface area contributed by atoms with E-state index in [1.165, 1.54) is 11.0 Å². The molecule has 1 N–H and O–H groups in total. The van der Waals surface area contributed by atoms with Crippen molar-refractivity contribution in [3.63, 3.8) is 0 Å². The first kappa shape index (κ1) is 31.8. The number of nitrogens with zero attached hydrogens (tertiary/aromatic N) is 2. The first-order valence-electron chi connectivity index (χ1n) is 13.6. The monoisotopic (exact) mass is 581 g/mol. The maximum Gasteiger partial charge on any atom is 0.244 e. The first-order chi connectivity index (χ1) is 19.2. The first-order valence-corrected chi connectivity index (χ1v) is 15.5. The third-order valence-corrected chi connectivity index (χ3v) is 7.84. The number of carbonyl (C=O) groups is 2. The average Bonchev–Trinajstić information content (AvgIpc) is 2.89. The SMILES string of the molecule is CC(C)NC(=O)[C@@H](Cc1ccccc1)N(Cc1ccccc1F)C(=O)CN(c1ccc(C(C)(C)C)cc1)S(C)(=O)=O. The van der Waals surface area contributed by atoms with Crippen LogP contribution in [0.5, 0.6) is 0 Å². The number of anilines is 1. The Morgan fingerprint density at radius 1 is 0.902 bits per heavy atom. The maximum atomic E-state index is 14.8. The summed E-state index contributed by atoms with van der Waals surface area (Å²) in [5, 5.41) is 2.88. The second-order valence-electron chi connectivity index (χ2n) is 11.5. The second kappa shape index (κ2) is 13.3. The van der Waals surface area contributed by atoms with Crippen LogP contribution in [-0.2, 0) is 38.0 Å². The standard InChI is InChI=1S/C32H40FN3O4S/c1-23(2)34-31(38)29(20-24-12-8-7-9-13-24)35(21-25-14-10-11-15-28(25)33)30(37)22-36(41(6,39)40)27-18-16-26(17-19-27)32(3,4)5/h7-19,23,29H,20-22H2,1-6H3,(H,34,38)/t29-/m1/s1. The molecule has 3 aromatic rings. The van der Waals surface area contributed by atoms with Crippen molar-refractivity contribution in [2.24, 2.45) is 0 Å². The van der Waals surface area contributed by atoms with Gasteiger partial charge in [0.2, 0.25) is 21.8 Å². The van der Waals surface area contributed by atoms with Gasteiger partial charge in [-0.25, -0.2) is 12.8 Å². The summed E-state index contributed by atoms with van der Waals surface area (Å²) in [6.45, 7) is 9.01. The van der Waals surface area contributed by atoms with E-state index in [0.717, 1.165) is 21.7 Å². The Kier molecular flexibility index (Phi) is 10.3. The molecule has 0 fully saturated rings. The van der Waals surface area contributed by atoms with Crippen LogP contribution in [-0.4, -0.2) is 50.0 Å². The molecule has 2 amide bonds. The van der Waals surface area contributed by atoms with Crippen LogP contribution < -0.4 is 9.62 Å². The average molecular weight is 582 g/mol. The van der Waals surface area contributed by atoms with Gasteiger partial charge in [-0.15, -0.1) is 0 Å². The minimum absolute atomic E-state index is 0.144. The molecule has 7 nitrogen and oxygen atoms in total. The molecule has 220 valence electrons. The van der Waals surface area contributed by atoms with Gasteiger partial charge in [0.25, 0.3) is 0 Å². The number of hydrogen-bond acceptors (Lipinski definition) is 4. The van der Waals surface area contributed by atoms with Gasteiger partial charge < -0.3 is 10.2 Å². The minimum atomic E-state index is -3.89. The number of carbonyl (C=O) groups excluding carboxylic acids is 2. The van der Waals surface area contributed by atoms with Gasteiger partial charge in [0.05, 0.1) is 11.9 Å². The van der Waals surface area contributed by atoms with E-state index in [1.807, 2.05) is 56.3 Å². The summed E-state index contributed by atoms with van der Waals surface area (Å²) in [4.78, 5) is 28.9. The Bertz CT molecular complexity index is 1440. The molecule has 3 rings (SSSR count). The number of hydrogen-bond donors (Lipinski definition) is 1. The topological polar surface area (TPSA) is 86.8 Å². The fourth-order valence-electron chi connectivity index (χ4n) is 4.49. The van der Waals surface area contributed by atoms with Crippen LogP contribution in [0.25, 0.3) is 0 Å². The van der Waals surface area contributed by atoms with Gasteiger partial charge in [0, 0.05) is 24.6 Å². The molecule has 0 aliphatic carbocycles. The zero-order valence-electron chi connectivity index (χ0n) is 24.6. The van der Waals surface area contributed by atoms with E-state index in [1.54, 1.807) is 30.3 Å². The van der Waals surface area contributed by atoms with E-state index in [-0.39, 0.29) is 30.0 Å². The Hall–Kier alpha value is -3.72. The van der Waals surface area contributed by atoms with Crippen molar-refractivity contribution in [1.82, 2.24) is 10.2 Å². The molecule has 9 heteroatoms. The molecule has 1 atom stereocenters. The van der Waals surface area contributed by atoms with E-state index < -0.39 is 40.2 Å². The minimum Gasteiger partial charge on any atom is -0.352 e. The van der Waals surface area contributed by atoms with E-state index in [4.69, 9.17) is 0 Å². The molecule has 0 aromatic heterocycles. The van der Waals surface area contributed by atoms with Crippen molar-refractivity contribution in [1.29, 1.82) is 0 Å². The molecule has 0 aliphatic rings. The summed E-state index contributed by atoms with van der Waals surface area (Å²) in [6.07, 6.45) is 1.20. The summed E-state index contributed by atoms with van der Waals surface area (Å²) in [7, 11) is -3.89. The Morgan fingerprint density at radius 2 is 1.49 bits per heavy atom. The van der Waals surface area contributed by atoms with E-state index >= 15 is 0 Å². The lowest BCUT2D eigenvalue weighted by Gasteiger charge is -2.34. The lowest BCUT2D eigenvalue weighted by atomic mass is 9.87. The lowest BCUT2D eigenvalue weighted by Crippen LogP contribution is -2.54. The fraction of sp³-hybridized carbons (Fsp3) is 0.375. The van der Waals surface area contributed by atoms with Crippen LogP contribution in [0.4, 0.5) is 10.1 Å². The predicted molar refractivity (Wildman–Crippen MR) is 161 cm³/mol. The van der Waals surface area contributed by atoms with Crippen molar-refractivity contribution in [2.75, 3.05) is 17.1 Å². The zero-order valence-corrected chi connectivity index (χ0v) is 25.4. The molecule has 0 spiro atoms.